The van der Waals surface area contributed by atoms with E-state index in [1.807, 2.05) is 0 Å². The molecule has 0 saturated heterocycles. The minimum atomic E-state index is -0.696. The fourth-order valence-electron chi connectivity index (χ4n) is 4.30. The van der Waals surface area contributed by atoms with Crippen molar-refractivity contribution in [3.05, 3.63) is 34.9 Å². The van der Waals surface area contributed by atoms with Gasteiger partial charge in [0.2, 0.25) is 11.8 Å². The summed E-state index contributed by atoms with van der Waals surface area (Å²) in [7, 11) is 0. The second-order valence-corrected chi connectivity index (χ2v) is 8.63. The molecule has 5 N–H and O–H groups in total. The van der Waals surface area contributed by atoms with Gasteiger partial charge >= 0.3 is 0 Å². The van der Waals surface area contributed by atoms with Gasteiger partial charge in [-0.2, -0.15) is 0 Å². The van der Waals surface area contributed by atoms with E-state index < -0.39 is 11.8 Å². The van der Waals surface area contributed by atoms with E-state index in [0.29, 0.717) is 0 Å². The Morgan fingerprint density at radius 3 is 1.83 bits per heavy atom. The van der Waals surface area contributed by atoms with Crippen molar-refractivity contribution in [1.82, 2.24) is 5.32 Å². The van der Waals surface area contributed by atoms with E-state index in [2.05, 4.69) is 12.2 Å². The molecule has 2 rings (SSSR count). The fourth-order valence-corrected chi connectivity index (χ4v) is 4.30. The van der Waals surface area contributed by atoms with Gasteiger partial charge in [-0.1, -0.05) is 58.3 Å². The Hall–Kier alpha value is -2.37. The summed E-state index contributed by atoms with van der Waals surface area (Å²) in [6.07, 6.45) is 14.8. The highest BCUT2D eigenvalue weighted by atomic mass is 16.2. The number of primary amides is 2. The van der Waals surface area contributed by atoms with E-state index in [1.54, 1.807) is 0 Å². The number of nitrogens with one attached hydrogen (secondary N) is 1. The van der Waals surface area contributed by atoms with E-state index in [0.717, 1.165) is 31.6 Å². The molecule has 1 aliphatic carbocycles. The maximum Gasteiger partial charge on any atom is 0.251 e. The fraction of sp³-hybridized carbons (Fsp3) is 0.625. The van der Waals surface area contributed by atoms with Gasteiger partial charge in [0.05, 0.1) is 0 Å². The van der Waals surface area contributed by atoms with Gasteiger partial charge in [-0.15, -0.1) is 0 Å². The van der Waals surface area contributed by atoms with Crippen LogP contribution in [0.4, 0.5) is 0 Å². The Balaban J connectivity index is 1.76. The first-order chi connectivity index (χ1) is 14.4. The van der Waals surface area contributed by atoms with Crippen molar-refractivity contribution in [3.8, 4) is 0 Å². The predicted molar refractivity (Wildman–Crippen MR) is 119 cm³/mol. The summed E-state index contributed by atoms with van der Waals surface area (Å²) in [6.45, 7) is 2.25. The third-order valence-electron chi connectivity index (χ3n) is 6.16. The number of unbranched alkanes of at least 4 members (excludes halogenated alkanes) is 6. The molecule has 6 nitrogen and oxygen atoms in total. The smallest absolute Gasteiger partial charge is 0.251 e. The molecule has 0 bridgehead atoms. The number of carbonyl (C=O) groups is 3. The molecule has 1 fully saturated rings. The zero-order chi connectivity index (χ0) is 21.9. The summed E-state index contributed by atoms with van der Waals surface area (Å²) in [5, 5.41) is 3.04. The first-order valence-corrected chi connectivity index (χ1v) is 11.5. The topological polar surface area (TPSA) is 115 Å². The van der Waals surface area contributed by atoms with Crippen molar-refractivity contribution in [1.29, 1.82) is 0 Å². The van der Waals surface area contributed by atoms with Crippen molar-refractivity contribution in [2.45, 2.75) is 90.0 Å². The summed E-state index contributed by atoms with van der Waals surface area (Å²) in [5.41, 5.74) is 11.1. The highest BCUT2D eigenvalue weighted by Crippen LogP contribution is 2.29. The molecule has 3 amide bonds. The summed E-state index contributed by atoms with van der Waals surface area (Å²) in [5.74, 6) is -0.930. The van der Waals surface area contributed by atoms with Crippen molar-refractivity contribution >= 4 is 17.7 Å². The van der Waals surface area contributed by atoms with Gasteiger partial charge in [0.15, 0.2) is 0 Å². The van der Waals surface area contributed by atoms with Gasteiger partial charge in [-0.05, 0) is 49.8 Å². The molecule has 0 heterocycles. The highest BCUT2D eigenvalue weighted by Gasteiger charge is 2.23. The molecule has 0 radical (unpaired) electrons. The molecule has 166 valence electrons. The average Bonchev–Trinajstić information content (AvgIpc) is 2.73. The van der Waals surface area contributed by atoms with Crippen LogP contribution in [0.2, 0.25) is 0 Å². The van der Waals surface area contributed by atoms with Crippen molar-refractivity contribution < 1.29 is 14.4 Å². The number of amides is 3. The molecule has 1 saturated carbocycles. The van der Waals surface area contributed by atoms with Crippen molar-refractivity contribution in [2.24, 2.45) is 17.4 Å². The van der Waals surface area contributed by atoms with Crippen LogP contribution < -0.4 is 16.8 Å². The van der Waals surface area contributed by atoms with Gasteiger partial charge in [0.1, 0.15) is 0 Å². The molecule has 30 heavy (non-hydrogen) atoms. The molecular formula is C24H37N3O3. The third-order valence-corrected chi connectivity index (χ3v) is 6.16. The molecule has 1 aromatic carbocycles. The molecule has 1 aromatic rings. The Kier molecular flexibility index (Phi) is 9.84. The van der Waals surface area contributed by atoms with Crippen LogP contribution in [0.15, 0.2) is 18.2 Å². The highest BCUT2D eigenvalue weighted by molar-refractivity contribution is 6.03. The number of hydrogen-bond donors (Lipinski definition) is 3. The molecule has 1 aliphatic rings. The Morgan fingerprint density at radius 1 is 0.800 bits per heavy atom. The lowest BCUT2D eigenvalue weighted by molar-refractivity contribution is 0.0921. The molecule has 0 aliphatic heterocycles. The molecule has 0 aromatic heterocycles. The van der Waals surface area contributed by atoms with Gasteiger partial charge in [-0.3, -0.25) is 14.4 Å². The summed E-state index contributed by atoms with van der Waals surface area (Å²) in [6, 6.07) is 4.26. The molecule has 6 heteroatoms. The van der Waals surface area contributed by atoms with Crippen LogP contribution in [0.25, 0.3) is 0 Å². The molecule has 0 spiro atoms. The number of carbonyl (C=O) groups excluding carboxylic acids is 3. The molecule has 0 unspecified atom stereocenters. The largest absolute Gasteiger partial charge is 0.366 e. The number of rotatable bonds is 12. The van der Waals surface area contributed by atoms with Crippen LogP contribution >= 0.6 is 0 Å². The van der Waals surface area contributed by atoms with E-state index >= 15 is 0 Å². The maximum absolute atomic E-state index is 12.6. The predicted octanol–water partition coefficient (Wildman–Crippen LogP) is 4.31. The Morgan fingerprint density at radius 2 is 1.30 bits per heavy atom. The normalized spacial score (nSPS) is 18.7. The SMILES string of the molecule is CCCCCCCCCC1CCC(NC(=O)c2cc(C(N)=O)cc(C(N)=O)c2)CC1. The zero-order valence-corrected chi connectivity index (χ0v) is 18.3. The molecular weight excluding hydrogens is 378 g/mol. The minimum Gasteiger partial charge on any atom is -0.366 e. The van der Waals surface area contributed by atoms with Crippen LogP contribution in [0.5, 0.6) is 0 Å². The lowest BCUT2D eigenvalue weighted by Gasteiger charge is -2.29. The zero-order valence-electron chi connectivity index (χ0n) is 18.3. The Labute approximate surface area is 180 Å². The first kappa shape index (κ1) is 23.9. The lowest BCUT2D eigenvalue weighted by Crippen LogP contribution is -2.37. The second-order valence-electron chi connectivity index (χ2n) is 8.63. The van der Waals surface area contributed by atoms with Crippen LogP contribution in [0, 0.1) is 5.92 Å². The first-order valence-electron chi connectivity index (χ1n) is 11.5. The van der Waals surface area contributed by atoms with Crippen molar-refractivity contribution in [2.75, 3.05) is 0 Å². The van der Waals surface area contributed by atoms with E-state index in [-0.39, 0.29) is 28.6 Å². The van der Waals surface area contributed by atoms with Gasteiger partial charge < -0.3 is 16.8 Å². The lowest BCUT2D eigenvalue weighted by atomic mass is 9.83. The van der Waals surface area contributed by atoms with Crippen molar-refractivity contribution in [3.63, 3.8) is 0 Å². The summed E-state index contributed by atoms with van der Waals surface area (Å²) < 4.78 is 0. The van der Waals surface area contributed by atoms with E-state index in [9.17, 15) is 14.4 Å². The number of nitrogens with two attached hydrogens (primary N) is 2. The van der Waals surface area contributed by atoms with Crippen LogP contribution in [0.3, 0.4) is 0 Å². The van der Waals surface area contributed by atoms with E-state index in [4.69, 9.17) is 11.5 Å². The van der Waals surface area contributed by atoms with Gasteiger partial charge in [0, 0.05) is 22.7 Å². The maximum atomic E-state index is 12.6. The van der Waals surface area contributed by atoms with E-state index in [1.165, 1.54) is 69.6 Å². The monoisotopic (exact) mass is 415 g/mol. The average molecular weight is 416 g/mol. The van der Waals surface area contributed by atoms with Crippen LogP contribution in [-0.2, 0) is 0 Å². The number of benzene rings is 1. The standard InChI is InChI=1S/C24H37N3O3/c1-2-3-4-5-6-7-8-9-17-10-12-21(13-11-17)27-24(30)20-15-18(22(25)28)14-19(16-20)23(26)29/h14-17,21H,2-13H2,1H3,(H2,25,28)(H2,26,29)(H,27,30). The summed E-state index contributed by atoms with van der Waals surface area (Å²) in [4.78, 5) is 35.6. The Bertz CT molecular complexity index is 692. The quantitative estimate of drug-likeness (QED) is 0.442. The summed E-state index contributed by atoms with van der Waals surface area (Å²) >= 11 is 0. The molecule has 0 atom stereocenters. The van der Waals surface area contributed by atoms with Crippen LogP contribution in [0.1, 0.15) is 115 Å². The third kappa shape index (κ3) is 7.81. The van der Waals surface area contributed by atoms with Crippen LogP contribution in [-0.4, -0.2) is 23.8 Å². The van der Waals surface area contributed by atoms with Gasteiger partial charge in [0.25, 0.3) is 5.91 Å². The number of hydrogen-bond acceptors (Lipinski definition) is 3. The van der Waals surface area contributed by atoms with Gasteiger partial charge in [-0.25, -0.2) is 0 Å². The second kappa shape index (κ2) is 12.4. The minimum absolute atomic E-state index is 0.106.